The largest absolute Gasteiger partial charge is 0.493 e. The van der Waals surface area contributed by atoms with Gasteiger partial charge in [0.15, 0.2) is 11.5 Å². The molecule has 0 bridgehead atoms. The van der Waals surface area contributed by atoms with E-state index in [0.717, 1.165) is 14.8 Å². The minimum atomic E-state index is -0.416. The second-order valence-electron chi connectivity index (χ2n) is 4.47. The van der Waals surface area contributed by atoms with Crippen molar-refractivity contribution in [3.05, 3.63) is 55.6 Å². The van der Waals surface area contributed by atoms with Crippen molar-refractivity contribution in [3.63, 3.8) is 0 Å². The van der Waals surface area contributed by atoms with Gasteiger partial charge in [-0.05, 0) is 52.4 Å². The van der Waals surface area contributed by atoms with Gasteiger partial charge in [-0.2, -0.15) is 0 Å². The summed E-state index contributed by atoms with van der Waals surface area (Å²) in [6.07, 6.45) is 0. The molecule has 22 heavy (non-hydrogen) atoms. The van der Waals surface area contributed by atoms with Gasteiger partial charge in [0.2, 0.25) is 0 Å². The summed E-state index contributed by atoms with van der Waals surface area (Å²) in [6, 6.07) is 10.2. The molecule has 0 amide bonds. The Morgan fingerprint density at radius 1 is 1.18 bits per heavy atom. The summed E-state index contributed by atoms with van der Waals surface area (Å²) in [5, 5.41) is 13.8. The SMILES string of the molecule is COc1cc(CNc2ccc([N+](=O)[O-])cc2)cc(I)c1OC. The monoisotopic (exact) mass is 414 g/mol. The zero-order chi connectivity index (χ0) is 16.1. The van der Waals surface area contributed by atoms with Crippen LogP contribution in [0.4, 0.5) is 11.4 Å². The Bertz CT molecular complexity index is 674. The summed E-state index contributed by atoms with van der Waals surface area (Å²) in [5.74, 6) is 1.39. The molecule has 0 heterocycles. The molecular weight excluding hydrogens is 399 g/mol. The summed E-state index contributed by atoms with van der Waals surface area (Å²) < 4.78 is 11.6. The molecule has 2 aromatic rings. The summed E-state index contributed by atoms with van der Waals surface area (Å²) in [7, 11) is 3.20. The van der Waals surface area contributed by atoms with Crippen molar-refractivity contribution in [2.75, 3.05) is 19.5 Å². The van der Waals surface area contributed by atoms with Gasteiger partial charge in [-0.15, -0.1) is 0 Å². The molecule has 0 radical (unpaired) electrons. The number of benzene rings is 2. The average Bonchev–Trinajstić information content (AvgIpc) is 2.52. The lowest BCUT2D eigenvalue weighted by Gasteiger charge is -2.13. The smallest absolute Gasteiger partial charge is 0.269 e. The number of anilines is 1. The molecule has 0 fully saturated rings. The fourth-order valence-electron chi connectivity index (χ4n) is 1.98. The van der Waals surface area contributed by atoms with E-state index in [1.165, 1.54) is 12.1 Å². The highest BCUT2D eigenvalue weighted by Gasteiger charge is 2.10. The molecule has 0 saturated carbocycles. The molecule has 116 valence electrons. The molecule has 0 aromatic heterocycles. The van der Waals surface area contributed by atoms with Crippen LogP contribution in [0, 0.1) is 13.7 Å². The van der Waals surface area contributed by atoms with Gasteiger partial charge < -0.3 is 14.8 Å². The van der Waals surface area contributed by atoms with Gasteiger partial charge in [-0.3, -0.25) is 10.1 Å². The average molecular weight is 414 g/mol. The number of hydrogen-bond donors (Lipinski definition) is 1. The van der Waals surface area contributed by atoms with E-state index < -0.39 is 4.92 Å². The number of halogens is 1. The molecule has 7 heteroatoms. The van der Waals surface area contributed by atoms with Gasteiger partial charge >= 0.3 is 0 Å². The van der Waals surface area contributed by atoms with Crippen molar-refractivity contribution in [1.29, 1.82) is 0 Å². The van der Waals surface area contributed by atoms with Crippen LogP contribution in [-0.4, -0.2) is 19.1 Å². The number of hydrogen-bond acceptors (Lipinski definition) is 5. The van der Waals surface area contributed by atoms with Crippen LogP contribution in [0.25, 0.3) is 0 Å². The number of nitro groups is 1. The van der Waals surface area contributed by atoms with Crippen LogP contribution in [0.2, 0.25) is 0 Å². The third-order valence-corrected chi connectivity index (χ3v) is 3.87. The maximum Gasteiger partial charge on any atom is 0.269 e. The van der Waals surface area contributed by atoms with E-state index in [0.29, 0.717) is 18.0 Å². The molecule has 0 aliphatic carbocycles. The highest BCUT2D eigenvalue weighted by atomic mass is 127. The maximum absolute atomic E-state index is 10.6. The van der Waals surface area contributed by atoms with Crippen LogP contribution in [-0.2, 0) is 6.54 Å². The van der Waals surface area contributed by atoms with Crippen LogP contribution < -0.4 is 14.8 Å². The van der Waals surface area contributed by atoms with Gasteiger partial charge in [0.1, 0.15) is 0 Å². The number of nitro benzene ring substituents is 1. The van der Waals surface area contributed by atoms with E-state index in [4.69, 9.17) is 9.47 Å². The van der Waals surface area contributed by atoms with Crippen LogP contribution >= 0.6 is 22.6 Å². The lowest BCUT2D eigenvalue weighted by atomic mass is 10.2. The lowest BCUT2D eigenvalue weighted by Crippen LogP contribution is -2.02. The number of ether oxygens (including phenoxy) is 2. The molecule has 0 aliphatic rings. The standard InChI is InChI=1S/C15H15IN2O4/c1-21-14-8-10(7-13(16)15(14)22-2)9-17-11-3-5-12(6-4-11)18(19)20/h3-8,17H,9H2,1-2H3. The lowest BCUT2D eigenvalue weighted by molar-refractivity contribution is -0.384. The van der Waals surface area contributed by atoms with Gasteiger partial charge in [-0.25, -0.2) is 0 Å². The fourth-order valence-corrected chi connectivity index (χ4v) is 2.86. The molecule has 1 N–H and O–H groups in total. The minimum Gasteiger partial charge on any atom is -0.493 e. The Kier molecular flexibility index (Phi) is 5.42. The normalized spacial score (nSPS) is 10.1. The van der Waals surface area contributed by atoms with E-state index in [-0.39, 0.29) is 5.69 Å². The zero-order valence-corrected chi connectivity index (χ0v) is 14.3. The van der Waals surface area contributed by atoms with E-state index >= 15 is 0 Å². The van der Waals surface area contributed by atoms with Crippen LogP contribution in [0.15, 0.2) is 36.4 Å². The first-order valence-electron chi connectivity index (χ1n) is 6.44. The summed E-state index contributed by atoms with van der Waals surface area (Å²) >= 11 is 2.19. The van der Waals surface area contributed by atoms with Crippen molar-refractivity contribution < 1.29 is 14.4 Å². The molecule has 2 rings (SSSR count). The van der Waals surface area contributed by atoms with Crippen molar-refractivity contribution in [1.82, 2.24) is 0 Å². The van der Waals surface area contributed by atoms with Gasteiger partial charge in [-0.1, -0.05) is 0 Å². The quantitative estimate of drug-likeness (QED) is 0.442. The van der Waals surface area contributed by atoms with Gasteiger partial charge in [0, 0.05) is 24.4 Å². The van der Waals surface area contributed by atoms with Crippen LogP contribution in [0.1, 0.15) is 5.56 Å². The van der Waals surface area contributed by atoms with E-state index in [9.17, 15) is 10.1 Å². The van der Waals surface area contributed by atoms with Gasteiger partial charge in [0.05, 0.1) is 22.7 Å². The third kappa shape index (κ3) is 3.79. The number of methoxy groups -OCH3 is 2. The summed E-state index contributed by atoms with van der Waals surface area (Å²) in [6.45, 7) is 0.578. The summed E-state index contributed by atoms with van der Waals surface area (Å²) in [5.41, 5.74) is 1.92. The van der Waals surface area contributed by atoms with Crippen molar-refractivity contribution in [2.24, 2.45) is 0 Å². The Balaban J connectivity index is 2.11. The summed E-state index contributed by atoms with van der Waals surface area (Å²) in [4.78, 5) is 10.2. The second kappa shape index (κ2) is 7.30. The first-order valence-corrected chi connectivity index (χ1v) is 7.51. The predicted molar refractivity (Wildman–Crippen MR) is 92.7 cm³/mol. The van der Waals surface area contributed by atoms with Crippen molar-refractivity contribution in [3.8, 4) is 11.5 Å². The second-order valence-corrected chi connectivity index (χ2v) is 5.63. The number of nitrogens with one attached hydrogen (secondary N) is 1. The van der Waals surface area contributed by atoms with Crippen molar-refractivity contribution in [2.45, 2.75) is 6.54 Å². The Morgan fingerprint density at radius 3 is 2.41 bits per heavy atom. The van der Waals surface area contributed by atoms with Gasteiger partial charge in [0.25, 0.3) is 5.69 Å². The first-order chi connectivity index (χ1) is 10.5. The molecule has 0 saturated heterocycles. The third-order valence-electron chi connectivity index (χ3n) is 3.07. The minimum absolute atomic E-state index is 0.0752. The van der Waals surface area contributed by atoms with E-state index in [1.807, 2.05) is 12.1 Å². The topological polar surface area (TPSA) is 73.6 Å². The van der Waals surface area contributed by atoms with Crippen LogP contribution in [0.3, 0.4) is 0 Å². The van der Waals surface area contributed by atoms with Crippen molar-refractivity contribution >= 4 is 34.0 Å². The first kappa shape index (κ1) is 16.3. The van der Waals surface area contributed by atoms with E-state index in [1.54, 1.807) is 26.4 Å². The maximum atomic E-state index is 10.6. The number of nitrogens with zero attached hydrogens (tertiary/aromatic N) is 1. The zero-order valence-electron chi connectivity index (χ0n) is 12.1. The molecule has 0 aliphatic heterocycles. The van der Waals surface area contributed by atoms with Crippen LogP contribution in [0.5, 0.6) is 11.5 Å². The number of rotatable bonds is 6. The Hall–Kier alpha value is -2.03. The Labute approximate surface area is 141 Å². The molecule has 2 aromatic carbocycles. The molecule has 6 nitrogen and oxygen atoms in total. The molecule has 0 atom stereocenters. The molecular formula is C15H15IN2O4. The molecule has 0 spiro atoms. The highest BCUT2D eigenvalue weighted by Crippen LogP contribution is 2.33. The fraction of sp³-hybridized carbons (Fsp3) is 0.200. The Morgan fingerprint density at radius 2 is 1.86 bits per heavy atom. The number of non-ortho nitro benzene ring substituents is 1. The van der Waals surface area contributed by atoms with E-state index in [2.05, 4.69) is 27.9 Å². The highest BCUT2D eigenvalue weighted by molar-refractivity contribution is 14.1. The predicted octanol–water partition coefficient (Wildman–Crippen LogP) is 3.83. The molecule has 0 unspecified atom stereocenters.